The van der Waals surface area contributed by atoms with E-state index in [2.05, 4.69) is 4.98 Å². The average Bonchev–Trinajstić information content (AvgIpc) is 2.86. The molecule has 112 valence electrons. The number of aromatic hydroxyl groups is 1. The molecule has 0 saturated carbocycles. The molecular weight excluding hydrogens is 290 g/mol. The summed E-state index contributed by atoms with van der Waals surface area (Å²) in [6.45, 7) is 1.87. The lowest BCUT2D eigenvalue weighted by atomic mass is 9.85. The smallest absolute Gasteiger partial charge is 0.198 e. The Kier molecular flexibility index (Phi) is 2.75. The molecule has 3 aromatic rings. The standard InChI is InChI=1S/C19H13NO3/c1-10-17(11-5-2-3-7-14(11)20-10)13-9-16(22)12-6-4-8-15(21)18(12)19(13)23/h2-9,20-21H,1H3. The molecule has 1 aliphatic rings. The molecule has 1 aromatic heterocycles. The van der Waals surface area contributed by atoms with Gasteiger partial charge in [-0.3, -0.25) is 9.59 Å². The van der Waals surface area contributed by atoms with Gasteiger partial charge in [-0.25, -0.2) is 0 Å². The van der Waals surface area contributed by atoms with Crippen molar-refractivity contribution >= 4 is 28.0 Å². The number of nitrogens with one attached hydrogen (secondary N) is 1. The van der Waals surface area contributed by atoms with E-state index in [9.17, 15) is 14.7 Å². The molecule has 23 heavy (non-hydrogen) atoms. The van der Waals surface area contributed by atoms with E-state index in [0.29, 0.717) is 11.1 Å². The van der Waals surface area contributed by atoms with Crippen LogP contribution in [0.15, 0.2) is 48.5 Å². The molecule has 0 radical (unpaired) electrons. The van der Waals surface area contributed by atoms with Gasteiger partial charge >= 0.3 is 0 Å². The van der Waals surface area contributed by atoms with Crippen LogP contribution in [0.2, 0.25) is 0 Å². The zero-order valence-electron chi connectivity index (χ0n) is 12.4. The molecule has 0 bridgehead atoms. The number of hydrogen-bond donors (Lipinski definition) is 2. The monoisotopic (exact) mass is 303 g/mol. The third-order valence-corrected chi connectivity index (χ3v) is 4.22. The van der Waals surface area contributed by atoms with Crippen molar-refractivity contribution < 1.29 is 14.7 Å². The molecule has 0 aliphatic heterocycles. The summed E-state index contributed by atoms with van der Waals surface area (Å²) in [7, 11) is 0. The van der Waals surface area contributed by atoms with Gasteiger partial charge in [-0.1, -0.05) is 30.3 Å². The zero-order valence-corrected chi connectivity index (χ0v) is 12.4. The molecule has 0 unspecified atom stereocenters. The molecule has 4 rings (SSSR count). The number of carbonyl (C=O) groups excluding carboxylic acids is 2. The molecule has 1 heterocycles. The maximum absolute atomic E-state index is 12.9. The summed E-state index contributed by atoms with van der Waals surface area (Å²) in [5.41, 5.74) is 3.09. The number of benzene rings is 2. The normalized spacial score (nSPS) is 14.0. The molecule has 0 atom stereocenters. The van der Waals surface area contributed by atoms with Crippen LogP contribution < -0.4 is 0 Å². The highest BCUT2D eigenvalue weighted by Crippen LogP contribution is 2.36. The summed E-state index contributed by atoms with van der Waals surface area (Å²) in [6.07, 6.45) is 1.37. The van der Waals surface area contributed by atoms with E-state index in [0.717, 1.165) is 16.6 Å². The topological polar surface area (TPSA) is 70.2 Å². The first kappa shape index (κ1) is 13.5. The molecule has 0 saturated heterocycles. The first-order chi connectivity index (χ1) is 11.1. The lowest BCUT2D eigenvalue weighted by Crippen LogP contribution is -2.16. The molecule has 1 aliphatic carbocycles. The molecule has 4 nitrogen and oxygen atoms in total. The number of allylic oxidation sites excluding steroid dienone is 2. The second-order valence-electron chi connectivity index (χ2n) is 5.62. The number of para-hydroxylation sites is 1. The van der Waals surface area contributed by atoms with Gasteiger partial charge < -0.3 is 10.1 Å². The van der Waals surface area contributed by atoms with Gasteiger partial charge in [0.15, 0.2) is 11.6 Å². The Morgan fingerprint density at radius 1 is 0.957 bits per heavy atom. The fourth-order valence-corrected chi connectivity index (χ4v) is 3.20. The van der Waals surface area contributed by atoms with Crippen molar-refractivity contribution in [3.05, 3.63) is 70.9 Å². The van der Waals surface area contributed by atoms with Crippen LogP contribution in [-0.4, -0.2) is 21.7 Å². The predicted octanol–water partition coefficient (Wildman–Crippen LogP) is 3.64. The van der Waals surface area contributed by atoms with Crippen LogP contribution in [0.25, 0.3) is 16.5 Å². The van der Waals surface area contributed by atoms with E-state index in [1.807, 2.05) is 31.2 Å². The van der Waals surface area contributed by atoms with Gasteiger partial charge in [0, 0.05) is 33.3 Å². The maximum atomic E-state index is 12.9. The SMILES string of the molecule is Cc1[nH]c2ccccc2c1C1=CC(=O)c2cccc(O)c2C1=O. The quantitative estimate of drug-likeness (QED) is 0.721. The van der Waals surface area contributed by atoms with E-state index in [-0.39, 0.29) is 28.4 Å². The summed E-state index contributed by atoms with van der Waals surface area (Å²) in [4.78, 5) is 28.5. The molecule has 2 aromatic carbocycles. The van der Waals surface area contributed by atoms with Crippen LogP contribution in [0.1, 0.15) is 32.0 Å². The summed E-state index contributed by atoms with van der Waals surface area (Å²) < 4.78 is 0. The van der Waals surface area contributed by atoms with Crippen molar-refractivity contribution in [1.29, 1.82) is 0 Å². The largest absolute Gasteiger partial charge is 0.507 e. The summed E-state index contributed by atoms with van der Waals surface area (Å²) >= 11 is 0. The minimum Gasteiger partial charge on any atom is -0.507 e. The van der Waals surface area contributed by atoms with Crippen molar-refractivity contribution in [3.8, 4) is 5.75 Å². The van der Waals surface area contributed by atoms with Gasteiger partial charge in [0.2, 0.25) is 0 Å². The Labute approximate surface area is 132 Å². The summed E-state index contributed by atoms with van der Waals surface area (Å²) in [5, 5.41) is 10.9. The van der Waals surface area contributed by atoms with Gasteiger partial charge in [0.05, 0.1) is 5.56 Å². The van der Waals surface area contributed by atoms with Crippen molar-refractivity contribution in [3.63, 3.8) is 0 Å². The molecular formula is C19H13NO3. The first-order valence-electron chi connectivity index (χ1n) is 7.28. The number of hydrogen-bond acceptors (Lipinski definition) is 3. The van der Waals surface area contributed by atoms with E-state index in [1.54, 1.807) is 12.1 Å². The number of aromatic amines is 1. The van der Waals surface area contributed by atoms with Gasteiger partial charge in [-0.15, -0.1) is 0 Å². The third kappa shape index (κ3) is 1.85. The van der Waals surface area contributed by atoms with Gasteiger partial charge in [-0.2, -0.15) is 0 Å². The Morgan fingerprint density at radius 3 is 2.57 bits per heavy atom. The van der Waals surface area contributed by atoms with Gasteiger partial charge in [0.25, 0.3) is 0 Å². The van der Waals surface area contributed by atoms with Gasteiger partial charge in [0.1, 0.15) is 5.75 Å². The minimum atomic E-state index is -0.328. The van der Waals surface area contributed by atoms with Crippen LogP contribution in [0.5, 0.6) is 5.75 Å². The summed E-state index contributed by atoms with van der Waals surface area (Å²) in [6, 6.07) is 12.2. The van der Waals surface area contributed by atoms with Crippen LogP contribution in [0, 0.1) is 6.92 Å². The number of fused-ring (bicyclic) bond motifs is 2. The van der Waals surface area contributed by atoms with Crippen LogP contribution >= 0.6 is 0 Å². The highest BCUT2D eigenvalue weighted by molar-refractivity contribution is 6.40. The van der Waals surface area contributed by atoms with E-state index in [4.69, 9.17) is 0 Å². The predicted molar refractivity (Wildman–Crippen MR) is 87.8 cm³/mol. The molecule has 0 fully saturated rings. The Balaban J connectivity index is 2.00. The Morgan fingerprint density at radius 2 is 1.74 bits per heavy atom. The van der Waals surface area contributed by atoms with Crippen LogP contribution in [-0.2, 0) is 0 Å². The van der Waals surface area contributed by atoms with Crippen LogP contribution in [0.3, 0.4) is 0 Å². The second kappa shape index (κ2) is 4.68. The molecule has 4 heteroatoms. The number of aromatic nitrogens is 1. The average molecular weight is 303 g/mol. The number of rotatable bonds is 1. The number of ketones is 2. The highest BCUT2D eigenvalue weighted by Gasteiger charge is 2.30. The highest BCUT2D eigenvalue weighted by atomic mass is 16.3. The number of carbonyl (C=O) groups is 2. The van der Waals surface area contributed by atoms with Gasteiger partial charge in [-0.05, 0) is 25.1 Å². The van der Waals surface area contributed by atoms with E-state index < -0.39 is 0 Å². The number of Topliss-reactive ketones (excluding diaryl/α,β-unsaturated/α-hetero) is 1. The zero-order chi connectivity index (χ0) is 16.1. The van der Waals surface area contributed by atoms with Crippen molar-refractivity contribution in [2.45, 2.75) is 6.92 Å². The number of phenols is 1. The van der Waals surface area contributed by atoms with E-state index in [1.165, 1.54) is 12.1 Å². The van der Waals surface area contributed by atoms with Crippen molar-refractivity contribution in [1.82, 2.24) is 4.98 Å². The maximum Gasteiger partial charge on any atom is 0.198 e. The minimum absolute atomic E-state index is 0.0830. The number of phenolic OH excluding ortho intramolecular Hbond substituents is 1. The lowest BCUT2D eigenvalue weighted by Gasteiger charge is -2.16. The number of H-pyrrole nitrogens is 1. The molecule has 0 spiro atoms. The fourth-order valence-electron chi connectivity index (χ4n) is 3.20. The van der Waals surface area contributed by atoms with Crippen LogP contribution in [0.4, 0.5) is 0 Å². The molecule has 2 N–H and O–H groups in total. The fraction of sp³-hybridized carbons (Fsp3) is 0.0526. The second-order valence-corrected chi connectivity index (χ2v) is 5.62. The first-order valence-corrected chi connectivity index (χ1v) is 7.28. The summed E-state index contributed by atoms with van der Waals surface area (Å²) in [5.74, 6) is -0.760. The Hall–Kier alpha value is -3.14. The van der Waals surface area contributed by atoms with Crippen molar-refractivity contribution in [2.24, 2.45) is 0 Å². The number of aryl methyl sites for hydroxylation is 1. The van der Waals surface area contributed by atoms with E-state index >= 15 is 0 Å². The molecule has 0 amide bonds. The third-order valence-electron chi connectivity index (χ3n) is 4.22. The lowest BCUT2D eigenvalue weighted by molar-refractivity contribution is 0.0999. The van der Waals surface area contributed by atoms with Crippen molar-refractivity contribution in [2.75, 3.05) is 0 Å². The Bertz CT molecular complexity index is 1020.